The second kappa shape index (κ2) is 4.89. The van der Waals surface area contributed by atoms with Crippen molar-refractivity contribution in [2.45, 2.75) is 33.2 Å². The van der Waals surface area contributed by atoms with Gasteiger partial charge in [0.15, 0.2) is 0 Å². The SMILES string of the molecule is Cc1nnc(Cn2c(C(C)C)nc(Cl)cc2=O)o1. The number of halogens is 1. The van der Waals surface area contributed by atoms with Crippen LogP contribution >= 0.6 is 11.6 Å². The van der Waals surface area contributed by atoms with E-state index in [1.807, 2.05) is 13.8 Å². The van der Waals surface area contributed by atoms with E-state index in [0.717, 1.165) is 0 Å². The quantitative estimate of drug-likeness (QED) is 0.793. The van der Waals surface area contributed by atoms with E-state index in [-0.39, 0.29) is 23.2 Å². The Balaban J connectivity index is 2.46. The van der Waals surface area contributed by atoms with Gasteiger partial charge in [0.1, 0.15) is 17.5 Å². The maximum absolute atomic E-state index is 11.9. The van der Waals surface area contributed by atoms with Gasteiger partial charge in [-0.2, -0.15) is 0 Å². The summed E-state index contributed by atoms with van der Waals surface area (Å²) in [5, 5.41) is 7.79. The van der Waals surface area contributed by atoms with Crippen LogP contribution < -0.4 is 5.56 Å². The van der Waals surface area contributed by atoms with E-state index < -0.39 is 0 Å². The zero-order valence-electron chi connectivity index (χ0n) is 10.3. The van der Waals surface area contributed by atoms with E-state index in [1.165, 1.54) is 10.6 Å². The van der Waals surface area contributed by atoms with E-state index in [4.69, 9.17) is 16.0 Å². The third-order valence-electron chi connectivity index (χ3n) is 2.38. The first-order valence-electron chi connectivity index (χ1n) is 5.53. The summed E-state index contributed by atoms with van der Waals surface area (Å²) >= 11 is 5.80. The molecule has 0 aliphatic heterocycles. The molecule has 2 aromatic rings. The molecular formula is C11H13ClN4O2. The van der Waals surface area contributed by atoms with Crippen LogP contribution in [0.4, 0.5) is 0 Å². The number of hydrogen-bond donors (Lipinski definition) is 0. The lowest BCUT2D eigenvalue weighted by atomic mass is 10.2. The highest BCUT2D eigenvalue weighted by Gasteiger charge is 2.14. The summed E-state index contributed by atoms with van der Waals surface area (Å²) in [6, 6.07) is 1.27. The molecule has 0 unspecified atom stereocenters. The zero-order valence-corrected chi connectivity index (χ0v) is 11.1. The maximum atomic E-state index is 11.9. The molecule has 0 bridgehead atoms. The molecule has 96 valence electrons. The van der Waals surface area contributed by atoms with Crippen molar-refractivity contribution >= 4 is 11.6 Å². The Labute approximate surface area is 109 Å². The van der Waals surface area contributed by atoms with Gasteiger partial charge < -0.3 is 4.42 Å². The van der Waals surface area contributed by atoms with Gasteiger partial charge in [0.2, 0.25) is 11.8 Å². The Hall–Kier alpha value is -1.69. The molecule has 0 fully saturated rings. The molecule has 0 aliphatic carbocycles. The summed E-state index contributed by atoms with van der Waals surface area (Å²) in [6.07, 6.45) is 0. The fourth-order valence-corrected chi connectivity index (χ4v) is 1.81. The predicted molar refractivity (Wildman–Crippen MR) is 65.7 cm³/mol. The van der Waals surface area contributed by atoms with Crippen LogP contribution in [0.15, 0.2) is 15.3 Å². The van der Waals surface area contributed by atoms with E-state index >= 15 is 0 Å². The highest BCUT2D eigenvalue weighted by atomic mass is 35.5. The Morgan fingerprint density at radius 2 is 2.17 bits per heavy atom. The number of aryl methyl sites for hydroxylation is 1. The van der Waals surface area contributed by atoms with E-state index in [2.05, 4.69) is 15.2 Å². The summed E-state index contributed by atoms with van der Waals surface area (Å²) < 4.78 is 6.75. The highest BCUT2D eigenvalue weighted by molar-refractivity contribution is 6.29. The third-order valence-corrected chi connectivity index (χ3v) is 2.58. The molecule has 0 spiro atoms. The van der Waals surface area contributed by atoms with Crippen molar-refractivity contribution in [1.29, 1.82) is 0 Å². The van der Waals surface area contributed by atoms with Gasteiger partial charge in [-0.05, 0) is 0 Å². The lowest BCUT2D eigenvalue weighted by molar-refractivity contribution is 0.443. The van der Waals surface area contributed by atoms with Crippen LogP contribution in [0.5, 0.6) is 0 Å². The largest absolute Gasteiger partial charge is 0.424 e. The zero-order chi connectivity index (χ0) is 13.3. The average Bonchev–Trinajstić information content (AvgIpc) is 2.67. The van der Waals surface area contributed by atoms with Gasteiger partial charge in [0, 0.05) is 18.9 Å². The summed E-state index contributed by atoms with van der Waals surface area (Å²) in [6.45, 7) is 5.78. The summed E-state index contributed by atoms with van der Waals surface area (Å²) in [5.74, 6) is 1.51. The fourth-order valence-electron chi connectivity index (χ4n) is 1.63. The lowest BCUT2D eigenvalue weighted by Crippen LogP contribution is -2.26. The number of rotatable bonds is 3. The summed E-state index contributed by atoms with van der Waals surface area (Å²) in [5.41, 5.74) is -0.227. The molecule has 0 aromatic carbocycles. The molecule has 0 saturated heterocycles. The van der Waals surface area contributed by atoms with E-state index in [9.17, 15) is 4.79 Å². The Morgan fingerprint density at radius 3 is 2.72 bits per heavy atom. The molecular weight excluding hydrogens is 256 g/mol. The Bertz CT molecular complexity index is 618. The molecule has 0 aliphatic rings. The minimum Gasteiger partial charge on any atom is -0.424 e. The predicted octanol–water partition coefficient (Wildman–Crippen LogP) is 1.76. The molecule has 0 N–H and O–H groups in total. The van der Waals surface area contributed by atoms with Crippen LogP contribution in [0.1, 0.15) is 37.4 Å². The molecule has 0 atom stereocenters. The average molecular weight is 269 g/mol. The van der Waals surface area contributed by atoms with E-state index in [1.54, 1.807) is 6.92 Å². The number of aromatic nitrogens is 4. The standard InChI is InChI=1S/C11H13ClN4O2/c1-6(2)11-13-8(12)4-10(17)16(11)5-9-15-14-7(3)18-9/h4,6H,5H2,1-3H3. The normalized spacial score (nSPS) is 11.2. The third kappa shape index (κ3) is 2.59. The molecule has 2 heterocycles. The van der Waals surface area contributed by atoms with Crippen molar-refractivity contribution in [2.75, 3.05) is 0 Å². The second-order valence-electron chi connectivity index (χ2n) is 4.23. The van der Waals surface area contributed by atoms with Crippen LogP contribution in [-0.2, 0) is 6.54 Å². The molecule has 2 rings (SSSR count). The van der Waals surface area contributed by atoms with Gasteiger partial charge in [-0.1, -0.05) is 25.4 Å². The molecule has 0 amide bonds. The first-order valence-corrected chi connectivity index (χ1v) is 5.91. The molecule has 2 aromatic heterocycles. The first-order chi connectivity index (χ1) is 8.47. The van der Waals surface area contributed by atoms with Crippen molar-refractivity contribution < 1.29 is 4.42 Å². The molecule has 0 saturated carbocycles. The van der Waals surface area contributed by atoms with Crippen LogP contribution in [-0.4, -0.2) is 19.7 Å². The molecule has 7 heteroatoms. The summed E-state index contributed by atoms with van der Waals surface area (Å²) in [4.78, 5) is 16.1. The van der Waals surface area contributed by atoms with Gasteiger partial charge in [-0.3, -0.25) is 9.36 Å². The van der Waals surface area contributed by atoms with Crippen LogP contribution in [0.3, 0.4) is 0 Å². The van der Waals surface area contributed by atoms with Crippen molar-refractivity contribution in [2.24, 2.45) is 0 Å². The van der Waals surface area contributed by atoms with Crippen molar-refractivity contribution in [1.82, 2.24) is 19.7 Å². The maximum Gasteiger partial charge on any atom is 0.255 e. The fraction of sp³-hybridized carbons (Fsp3) is 0.455. The number of nitrogens with zero attached hydrogens (tertiary/aromatic N) is 4. The van der Waals surface area contributed by atoms with Gasteiger partial charge >= 0.3 is 0 Å². The lowest BCUT2D eigenvalue weighted by Gasteiger charge is -2.12. The van der Waals surface area contributed by atoms with Crippen molar-refractivity contribution in [3.05, 3.63) is 39.2 Å². The van der Waals surface area contributed by atoms with Crippen LogP contribution in [0.25, 0.3) is 0 Å². The van der Waals surface area contributed by atoms with E-state index in [0.29, 0.717) is 17.6 Å². The van der Waals surface area contributed by atoms with Gasteiger partial charge in [0.05, 0.1) is 0 Å². The molecule has 0 radical (unpaired) electrons. The Morgan fingerprint density at radius 1 is 1.44 bits per heavy atom. The highest BCUT2D eigenvalue weighted by Crippen LogP contribution is 2.13. The topological polar surface area (TPSA) is 73.8 Å². The number of hydrogen-bond acceptors (Lipinski definition) is 5. The van der Waals surface area contributed by atoms with Crippen molar-refractivity contribution in [3.8, 4) is 0 Å². The van der Waals surface area contributed by atoms with Gasteiger partial charge in [0.25, 0.3) is 5.56 Å². The van der Waals surface area contributed by atoms with Crippen molar-refractivity contribution in [3.63, 3.8) is 0 Å². The van der Waals surface area contributed by atoms with Crippen LogP contribution in [0.2, 0.25) is 5.15 Å². The smallest absolute Gasteiger partial charge is 0.255 e. The minimum atomic E-state index is -0.227. The second-order valence-corrected chi connectivity index (χ2v) is 4.62. The first kappa shape index (κ1) is 12.8. The van der Waals surface area contributed by atoms with Gasteiger partial charge in [-0.15, -0.1) is 10.2 Å². The summed E-state index contributed by atoms with van der Waals surface area (Å²) in [7, 11) is 0. The van der Waals surface area contributed by atoms with Crippen LogP contribution in [0, 0.1) is 6.92 Å². The molecule has 6 nitrogen and oxygen atoms in total. The minimum absolute atomic E-state index is 0.0698. The van der Waals surface area contributed by atoms with Gasteiger partial charge in [-0.25, -0.2) is 4.98 Å². The molecule has 18 heavy (non-hydrogen) atoms. The Kier molecular flexibility index (Phi) is 3.47. The monoisotopic (exact) mass is 268 g/mol.